The lowest BCUT2D eigenvalue weighted by atomic mass is 10.2. The quantitative estimate of drug-likeness (QED) is 0.600. The molecule has 1 aromatic rings. The molecule has 0 amide bonds. The van der Waals surface area contributed by atoms with Crippen LogP contribution in [0.3, 0.4) is 0 Å². The topological polar surface area (TPSA) is 46.0 Å². The molecule has 1 rings (SSSR count). The van der Waals surface area contributed by atoms with Crippen molar-refractivity contribution >= 4 is 11.8 Å². The molecule has 0 aliphatic heterocycles. The molecule has 0 aliphatic rings. The van der Waals surface area contributed by atoms with Crippen molar-refractivity contribution in [1.82, 2.24) is 9.97 Å². The van der Waals surface area contributed by atoms with Crippen LogP contribution in [-0.4, -0.2) is 20.8 Å². The fraction of sp³-hybridized carbons (Fsp3) is 0.600. The zero-order valence-electron chi connectivity index (χ0n) is 8.60. The molecule has 0 unspecified atom stereocenters. The minimum atomic E-state index is 0.0109. The molecule has 4 heteroatoms. The van der Waals surface area contributed by atoms with Crippen molar-refractivity contribution in [2.24, 2.45) is 5.92 Å². The first kappa shape index (κ1) is 11.5. The molecular weight excluding hydrogens is 196 g/mol. The number of aliphatic hydroxyl groups excluding tert-OH is 1. The van der Waals surface area contributed by atoms with Gasteiger partial charge in [0.1, 0.15) is 0 Å². The third-order valence-electron chi connectivity index (χ3n) is 1.79. The first-order valence-corrected chi connectivity index (χ1v) is 5.75. The number of aliphatic hydroxyl groups is 1. The predicted molar refractivity (Wildman–Crippen MR) is 58.1 cm³/mol. The Balaban J connectivity index is 2.36. The van der Waals surface area contributed by atoms with E-state index in [9.17, 15) is 0 Å². The summed E-state index contributed by atoms with van der Waals surface area (Å²) < 4.78 is 0. The Morgan fingerprint density at radius 1 is 1.36 bits per heavy atom. The summed E-state index contributed by atoms with van der Waals surface area (Å²) >= 11 is 1.66. The van der Waals surface area contributed by atoms with Gasteiger partial charge in [-0.25, -0.2) is 9.97 Å². The molecule has 0 bridgehead atoms. The van der Waals surface area contributed by atoms with E-state index in [-0.39, 0.29) is 6.61 Å². The summed E-state index contributed by atoms with van der Waals surface area (Å²) in [5, 5.41) is 9.58. The van der Waals surface area contributed by atoms with Crippen LogP contribution in [0.1, 0.15) is 25.8 Å². The van der Waals surface area contributed by atoms with Crippen molar-refractivity contribution in [1.29, 1.82) is 0 Å². The lowest BCUT2D eigenvalue weighted by Gasteiger charge is -2.03. The average molecular weight is 212 g/mol. The normalized spacial score (nSPS) is 10.9. The molecule has 1 aromatic heterocycles. The largest absolute Gasteiger partial charge is 0.392 e. The maximum atomic E-state index is 8.79. The second kappa shape index (κ2) is 5.98. The third kappa shape index (κ3) is 4.07. The lowest BCUT2D eigenvalue weighted by molar-refractivity contribution is 0.280. The van der Waals surface area contributed by atoms with E-state index in [4.69, 9.17) is 5.11 Å². The Hall–Kier alpha value is -0.610. The van der Waals surface area contributed by atoms with Crippen LogP contribution in [0.2, 0.25) is 0 Å². The predicted octanol–water partition coefficient (Wildman–Crippen LogP) is 2.11. The van der Waals surface area contributed by atoms with E-state index in [1.54, 1.807) is 24.2 Å². The summed E-state index contributed by atoms with van der Waals surface area (Å²) in [7, 11) is 0. The molecule has 0 saturated carbocycles. The Morgan fingerprint density at radius 2 is 2.00 bits per heavy atom. The van der Waals surface area contributed by atoms with Crippen molar-refractivity contribution in [2.45, 2.75) is 32.0 Å². The Labute approximate surface area is 89.0 Å². The summed E-state index contributed by atoms with van der Waals surface area (Å²) in [5.41, 5.74) is 0.762. The smallest absolute Gasteiger partial charge is 0.187 e. The van der Waals surface area contributed by atoms with Crippen molar-refractivity contribution in [3.63, 3.8) is 0 Å². The zero-order valence-corrected chi connectivity index (χ0v) is 9.42. The molecule has 0 fully saturated rings. The van der Waals surface area contributed by atoms with E-state index in [0.29, 0.717) is 0 Å². The van der Waals surface area contributed by atoms with Crippen LogP contribution in [0.25, 0.3) is 0 Å². The Bertz CT molecular complexity index is 261. The van der Waals surface area contributed by atoms with E-state index in [1.165, 1.54) is 6.42 Å². The second-order valence-corrected chi connectivity index (χ2v) is 4.63. The molecule has 0 aliphatic carbocycles. The van der Waals surface area contributed by atoms with Crippen molar-refractivity contribution in [2.75, 3.05) is 5.75 Å². The molecule has 14 heavy (non-hydrogen) atoms. The van der Waals surface area contributed by atoms with Crippen molar-refractivity contribution < 1.29 is 5.11 Å². The van der Waals surface area contributed by atoms with Crippen LogP contribution in [-0.2, 0) is 6.61 Å². The van der Waals surface area contributed by atoms with Gasteiger partial charge < -0.3 is 5.11 Å². The highest BCUT2D eigenvalue weighted by molar-refractivity contribution is 7.99. The van der Waals surface area contributed by atoms with Crippen LogP contribution in [0, 0.1) is 5.92 Å². The number of rotatable bonds is 5. The fourth-order valence-corrected chi connectivity index (χ4v) is 1.91. The molecule has 1 heterocycles. The summed E-state index contributed by atoms with van der Waals surface area (Å²) in [6, 6.07) is 0. The summed E-state index contributed by atoms with van der Waals surface area (Å²) in [6.45, 7) is 4.42. The van der Waals surface area contributed by atoms with Gasteiger partial charge in [-0.15, -0.1) is 0 Å². The molecule has 0 radical (unpaired) electrons. The van der Waals surface area contributed by atoms with Crippen LogP contribution >= 0.6 is 11.8 Å². The Kier molecular flexibility index (Phi) is 4.90. The van der Waals surface area contributed by atoms with E-state index in [1.807, 2.05) is 0 Å². The molecule has 0 aromatic carbocycles. The van der Waals surface area contributed by atoms with Gasteiger partial charge in [0, 0.05) is 23.7 Å². The van der Waals surface area contributed by atoms with Gasteiger partial charge in [-0.05, 0) is 12.3 Å². The minimum absolute atomic E-state index is 0.0109. The van der Waals surface area contributed by atoms with Crippen molar-refractivity contribution in [3.8, 4) is 0 Å². The average Bonchev–Trinajstić information content (AvgIpc) is 2.18. The van der Waals surface area contributed by atoms with Crippen LogP contribution < -0.4 is 0 Å². The van der Waals surface area contributed by atoms with Gasteiger partial charge in [0.15, 0.2) is 5.16 Å². The van der Waals surface area contributed by atoms with Gasteiger partial charge in [0.2, 0.25) is 0 Å². The van der Waals surface area contributed by atoms with Gasteiger partial charge in [-0.3, -0.25) is 0 Å². The fourth-order valence-electron chi connectivity index (χ4n) is 0.885. The van der Waals surface area contributed by atoms with Gasteiger partial charge in [0.05, 0.1) is 6.61 Å². The SMILES string of the molecule is CC(C)CCSc1ncc(CO)cn1. The van der Waals surface area contributed by atoms with Gasteiger partial charge in [-0.2, -0.15) is 0 Å². The standard InChI is InChI=1S/C10H16N2OS/c1-8(2)3-4-14-10-11-5-9(7-13)6-12-10/h5-6,8,13H,3-4,7H2,1-2H3. The number of hydrogen-bond donors (Lipinski definition) is 1. The molecule has 78 valence electrons. The van der Waals surface area contributed by atoms with E-state index in [2.05, 4.69) is 23.8 Å². The number of thioether (sulfide) groups is 1. The van der Waals surface area contributed by atoms with E-state index in [0.717, 1.165) is 22.4 Å². The van der Waals surface area contributed by atoms with Gasteiger partial charge in [0.25, 0.3) is 0 Å². The highest BCUT2D eigenvalue weighted by atomic mass is 32.2. The third-order valence-corrected chi connectivity index (χ3v) is 2.70. The summed E-state index contributed by atoms with van der Waals surface area (Å²) in [4.78, 5) is 8.28. The number of hydrogen-bond acceptors (Lipinski definition) is 4. The highest BCUT2D eigenvalue weighted by Crippen LogP contribution is 2.15. The van der Waals surface area contributed by atoms with Crippen LogP contribution in [0.4, 0.5) is 0 Å². The van der Waals surface area contributed by atoms with Crippen LogP contribution in [0.15, 0.2) is 17.6 Å². The van der Waals surface area contributed by atoms with E-state index < -0.39 is 0 Å². The first-order chi connectivity index (χ1) is 6.72. The maximum Gasteiger partial charge on any atom is 0.187 e. The molecule has 0 saturated heterocycles. The molecule has 0 spiro atoms. The van der Waals surface area contributed by atoms with Crippen LogP contribution in [0.5, 0.6) is 0 Å². The lowest BCUT2D eigenvalue weighted by Crippen LogP contribution is -1.93. The molecular formula is C10H16N2OS. The monoisotopic (exact) mass is 212 g/mol. The second-order valence-electron chi connectivity index (χ2n) is 3.56. The summed E-state index contributed by atoms with van der Waals surface area (Å²) in [6.07, 6.45) is 4.52. The van der Waals surface area contributed by atoms with Gasteiger partial charge in [-0.1, -0.05) is 25.6 Å². The minimum Gasteiger partial charge on any atom is -0.392 e. The Morgan fingerprint density at radius 3 is 2.50 bits per heavy atom. The maximum absolute atomic E-state index is 8.79. The molecule has 3 nitrogen and oxygen atoms in total. The summed E-state index contributed by atoms with van der Waals surface area (Å²) in [5.74, 6) is 1.77. The molecule has 1 N–H and O–H groups in total. The first-order valence-electron chi connectivity index (χ1n) is 4.77. The van der Waals surface area contributed by atoms with E-state index >= 15 is 0 Å². The van der Waals surface area contributed by atoms with Gasteiger partial charge >= 0.3 is 0 Å². The highest BCUT2D eigenvalue weighted by Gasteiger charge is 1.99. The van der Waals surface area contributed by atoms with Crippen molar-refractivity contribution in [3.05, 3.63) is 18.0 Å². The number of aromatic nitrogens is 2. The number of nitrogens with zero attached hydrogens (tertiary/aromatic N) is 2. The zero-order chi connectivity index (χ0) is 10.4. The molecule has 0 atom stereocenters.